The summed E-state index contributed by atoms with van der Waals surface area (Å²) in [5.74, 6) is 0.758. The summed E-state index contributed by atoms with van der Waals surface area (Å²) in [5, 5.41) is 10.5. The molecule has 2 aliphatic rings. The molecule has 11 heteroatoms. The number of sulfonamides is 1. The van der Waals surface area contributed by atoms with Crippen molar-refractivity contribution in [2.45, 2.75) is 75.4 Å². The second-order valence-electron chi connectivity index (χ2n) is 13.1. The van der Waals surface area contributed by atoms with Crippen LogP contribution in [0.15, 0.2) is 71.6 Å². The molecular weight excluding hydrogens is 644 g/mol. The minimum atomic E-state index is -3.87. The lowest BCUT2D eigenvalue weighted by atomic mass is 9.82. The highest BCUT2D eigenvalue weighted by Crippen LogP contribution is 2.39. The Morgan fingerprint density at radius 3 is 2.39 bits per heavy atom. The first-order valence-corrected chi connectivity index (χ1v) is 18.7. The second-order valence-corrected chi connectivity index (χ2v) is 15.0. The Morgan fingerprint density at radius 1 is 0.939 bits per heavy atom. The topological polar surface area (TPSA) is 107 Å². The van der Waals surface area contributed by atoms with Gasteiger partial charge in [0.05, 0.1) is 55.8 Å². The number of fused-ring (bicyclic) bond motifs is 1. The predicted octanol–water partition coefficient (Wildman–Crippen LogP) is 5.30. The van der Waals surface area contributed by atoms with E-state index in [0.29, 0.717) is 52.5 Å². The number of benzene rings is 3. The van der Waals surface area contributed by atoms with Gasteiger partial charge >= 0.3 is 0 Å². The monoisotopic (exact) mass is 696 g/mol. The SMILES string of the molecule is COCCCN1CCOc2ccc(CO[C@H]3CN(S(=O)(=O)c4ccc(C)cc4)[C@@H](CC(C)O)C[C@@H]3c3ccc(COCCOC)cc3)cc21. The molecule has 0 saturated carbocycles. The van der Waals surface area contributed by atoms with Gasteiger partial charge in [0.2, 0.25) is 10.0 Å². The zero-order valence-electron chi connectivity index (χ0n) is 29.3. The van der Waals surface area contributed by atoms with Crippen LogP contribution >= 0.6 is 0 Å². The van der Waals surface area contributed by atoms with E-state index in [9.17, 15) is 13.5 Å². The standard InChI is InChI=1S/C38H52N2O8S/c1-28-6-13-34(14-7-28)49(42,43)40-25-38(48-27-31-10-15-37-36(23-31)39(17-19-47-37)16-5-18-44-3)35(24-33(40)22-29(2)41)32-11-8-30(9-12-32)26-46-21-20-45-4/h6-15,23,29,33,35,38,41H,5,16-22,24-27H2,1-4H3/t29?,33-,35+,38-/m0/s1. The van der Waals surface area contributed by atoms with E-state index in [4.69, 9.17) is 23.7 Å². The molecule has 0 aromatic heterocycles. The van der Waals surface area contributed by atoms with Gasteiger partial charge < -0.3 is 33.7 Å². The average Bonchev–Trinajstić information content (AvgIpc) is 3.10. The Labute approximate surface area is 291 Å². The van der Waals surface area contributed by atoms with Crippen LogP contribution in [0.2, 0.25) is 0 Å². The number of aryl methyl sites for hydroxylation is 1. The van der Waals surface area contributed by atoms with Crippen LogP contribution in [0.5, 0.6) is 5.75 Å². The molecule has 5 rings (SSSR count). The number of nitrogens with zero attached hydrogens (tertiary/aromatic N) is 2. The molecule has 4 atom stereocenters. The van der Waals surface area contributed by atoms with Gasteiger partial charge in [0.1, 0.15) is 12.4 Å². The van der Waals surface area contributed by atoms with Crippen LogP contribution in [0.4, 0.5) is 5.69 Å². The molecule has 1 unspecified atom stereocenters. The van der Waals surface area contributed by atoms with Crippen LogP contribution in [0, 0.1) is 6.92 Å². The maximum Gasteiger partial charge on any atom is 0.243 e. The molecule has 3 aromatic rings. The number of rotatable bonds is 17. The summed E-state index contributed by atoms with van der Waals surface area (Å²) in [7, 11) is -0.498. The van der Waals surface area contributed by atoms with Crippen molar-refractivity contribution < 1.29 is 37.2 Å². The van der Waals surface area contributed by atoms with E-state index in [-0.39, 0.29) is 17.4 Å². The quantitative estimate of drug-likeness (QED) is 0.188. The highest BCUT2D eigenvalue weighted by molar-refractivity contribution is 7.89. The van der Waals surface area contributed by atoms with Gasteiger partial charge in [-0.05, 0) is 74.1 Å². The Morgan fingerprint density at radius 2 is 1.67 bits per heavy atom. The molecule has 1 N–H and O–H groups in total. The first-order chi connectivity index (χ1) is 23.7. The van der Waals surface area contributed by atoms with E-state index in [1.807, 2.05) is 31.2 Å². The number of aliphatic hydroxyl groups is 1. The molecule has 3 aromatic carbocycles. The average molecular weight is 697 g/mol. The third kappa shape index (κ3) is 9.82. The van der Waals surface area contributed by atoms with Crippen molar-refractivity contribution in [3.05, 3.63) is 89.0 Å². The smallest absolute Gasteiger partial charge is 0.243 e. The number of hydrogen-bond acceptors (Lipinski definition) is 9. The van der Waals surface area contributed by atoms with E-state index in [1.165, 1.54) is 0 Å². The fourth-order valence-electron chi connectivity index (χ4n) is 6.72. The third-order valence-electron chi connectivity index (χ3n) is 9.31. The Hall–Kier alpha value is -3.03. The minimum Gasteiger partial charge on any atom is -0.490 e. The van der Waals surface area contributed by atoms with Gasteiger partial charge in [-0.3, -0.25) is 0 Å². The summed E-state index contributed by atoms with van der Waals surface area (Å²) < 4.78 is 58.7. The molecule has 0 spiro atoms. The van der Waals surface area contributed by atoms with E-state index >= 15 is 0 Å². The van der Waals surface area contributed by atoms with Gasteiger partial charge in [-0.1, -0.05) is 48.0 Å². The van der Waals surface area contributed by atoms with Gasteiger partial charge in [-0.25, -0.2) is 8.42 Å². The van der Waals surface area contributed by atoms with Crippen molar-refractivity contribution in [2.24, 2.45) is 0 Å². The Kier molecular flexibility index (Phi) is 13.5. The van der Waals surface area contributed by atoms with Crippen LogP contribution in [0.1, 0.15) is 54.4 Å². The molecule has 49 heavy (non-hydrogen) atoms. The molecule has 0 amide bonds. The number of ether oxygens (including phenoxy) is 5. The third-order valence-corrected chi connectivity index (χ3v) is 11.2. The van der Waals surface area contributed by atoms with Gasteiger partial charge in [0.15, 0.2) is 0 Å². The summed E-state index contributed by atoms with van der Waals surface area (Å²) in [5.41, 5.74) is 5.12. The fraction of sp³-hybridized carbons (Fsp3) is 0.526. The predicted molar refractivity (Wildman–Crippen MR) is 190 cm³/mol. The molecule has 0 radical (unpaired) electrons. The lowest BCUT2D eigenvalue weighted by Crippen LogP contribution is -2.53. The largest absolute Gasteiger partial charge is 0.490 e. The number of anilines is 1. The zero-order chi connectivity index (χ0) is 34.8. The Balaban J connectivity index is 1.42. The zero-order valence-corrected chi connectivity index (χ0v) is 30.1. The Bertz CT molecular complexity index is 1570. The van der Waals surface area contributed by atoms with Crippen molar-refractivity contribution >= 4 is 15.7 Å². The highest BCUT2D eigenvalue weighted by Gasteiger charge is 2.43. The molecule has 0 bridgehead atoms. The summed E-state index contributed by atoms with van der Waals surface area (Å²) in [6.07, 6.45) is 0.644. The van der Waals surface area contributed by atoms with Crippen LogP contribution in [-0.4, -0.2) is 96.4 Å². The lowest BCUT2D eigenvalue weighted by molar-refractivity contribution is -0.0254. The van der Waals surface area contributed by atoms with Gasteiger partial charge in [-0.15, -0.1) is 0 Å². The van der Waals surface area contributed by atoms with Crippen LogP contribution < -0.4 is 9.64 Å². The fourth-order valence-corrected chi connectivity index (χ4v) is 8.38. The molecule has 1 saturated heterocycles. The van der Waals surface area contributed by atoms with E-state index in [1.54, 1.807) is 37.6 Å². The molecule has 2 aliphatic heterocycles. The number of methoxy groups -OCH3 is 2. The molecule has 268 valence electrons. The number of piperidine rings is 1. The van der Waals surface area contributed by atoms with Gasteiger partial charge in [-0.2, -0.15) is 4.31 Å². The summed E-state index contributed by atoms with van der Waals surface area (Å²) >= 11 is 0. The number of hydrogen-bond donors (Lipinski definition) is 1. The summed E-state index contributed by atoms with van der Waals surface area (Å²) in [6, 6.07) is 21.0. The second kappa shape index (κ2) is 17.8. The highest BCUT2D eigenvalue weighted by atomic mass is 32.2. The van der Waals surface area contributed by atoms with Crippen molar-refractivity contribution in [3.8, 4) is 5.75 Å². The normalized spacial score (nSPS) is 20.5. The first kappa shape index (κ1) is 37.2. The summed E-state index contributed by atoms with van der Waals surface area (Å²) in [6.45, 7) is 8.65. The maximum absolute atomic E-state index is 14.2. The first-order valence-electron chi connectivity index (χ1n) is 17.2. The molecule has 2 heterocycles. The molecule has 10 nitrogen and oxygen atoms in total. The number of aliphatic hydroxyl groups excluding tert-OH is 1. The van der Waals surface area contributed by atoms with E-state index in [2.05, 4.69) is 35.2 Å². The van der Waals surface area contributed by atoms with Crippen molar-refractivity contribution in [3.63, 3.8) is 0 Å². The van der Waals surface area contributed by atoms with Crippen LogP contribution in [0.25, 0.3) is 0 Å². The van der Waals surface area contributed by atoms with Gasteiger partial charge in [0, 0.05) is 45.9 Å². The van der Waals surface area contributed by atoms with Gasteiger partial charge in [0.25, 0.3) is 0 Å². The maximum atomic E-state index is 14.2. The van der Waals surface area contributed by atoms with Crippen molar-refractivity contribution in [1.29, 1.82) is 0 Å². The minimum absolute atomic E-state index is 0.0943. The van der Waals surface area contributed by atoms with E-state index < -0.39 is 28.3 Å². The summed E-state index contributed by atoms with van der Waals surface area (Å²) in [4.78, 5) is 2.56. The molecular formula is C38H52N2O8S. The van der Waals surface area contributed by atoms with Crippen LogP contribution in [-0.2, 0) is 42.2 Å². The molecule has 1 fully saturated rings. The van der Waals surface area contributed by atoms with Crippen molar-refractivity contribution in [2.75, 3.05) is 65.2 Å². The van der Waals surface area contributed by atoms with Crippen molar-refractivity contribution in [1.82, 2.24) is 4.31 Å². The lowest BCUT2D eigenvalue weighted by Gasteiger charge is -2.44. The molecule has 0 aliphatic carbocycles. The van der Waals surface area contributed by atoms with E-state index in [0.717, 1.165) is 53.2 Å². The van der Waals surface area contributed by atoms with Crippen LogP contribution in [0.3, 0.4) is 0 Å².